The van der Waals surface area contributed by atoms with Crippen LogP contribution in [0.4, 0.5) is 0 Å². The summed E-state index contributed by atoms with van der Waals surface area (Å²) in [6.07, 6.45) is 1.79. The molecule has 0 fully saturated rings. The van der Waals surface area contributed by atoms with Crippen LogP contribution in [0.1, 0.15) is 30.9 Å². The molecule has 1 atom stereocenters. The summed E-state index contributed by atoms with van der Waals surface area (Å²) in [7, 11) is -3.26. The van der Waals surface area contributed by atoms with Crippen molar-refractivity contribution in [2.24, 2.45) is 0 Å². The van der Waals surface area contributed by atoms with Crippen LogP contribution in [0.15, 0.2) is 24.3 Å². The number of rotatable bonds is 8. The molecule has 1 aliphatic rings. The molecule has 0 radical (unpaired) electrons. The average Bonchev–Trinajstić information content (AvgIpc) is 2.51. The maximum absolute atomic E-state index is 11.7. The van der Waals surface area contributed by atoms with Crippen LogP contribution in [0.3, 0.4) is 0 Å². The summed E-state index contributed by atoms with van der Waals surface area (Å²) in [5.41, 5.74) is 2.66. The zero-order valence-electron chi connectivity index (χ0n) is 13.2. The van der Waals surface area contributed by atoms with E-state index in [0.717, 1.165) is 25.9 Å². The third-order valence-electron chi connectivity index (χ3n) is 3.98. The first-order valence-corrected chi connectivity index (χ1v) is 9.60. The van der Waals surface area contributed by atoms with Gasteiger partial charge in [0.15, 0.2) is 0 Å². The molecule has 124 valence electrons. The summed E-state index contributed by atoms with van der Waals surface area (Å²) in [5, 5.41) is 10.1. The maximum atomic E-state index is 11.7. The normalized spacial score (nSPS) is 17.2. The molecule has 0 amide bonds. The largest absolute Gasteiger partial charge is 0.390 e. The van der Waals surface area contributed by atoms with Gasteiger partial charge in [0.25, 0.3) is 0 Å². The predicted octanol–water partition coefficient (Wildman–Crippen LogP) is 1.13. The highest BCUT2D eigenvalue weighted by molar-refractivity contribution is 7.89. The summed E-state index contributed by atoms with van der Waals surface area (Å²) in [4.78, 5) is 2.17. The quantitative estimate of drug-likeness (QED) is 0.751. The van der Waals surface area contributed by atoms with Gasteiger partial charge in [0, 0.05) is 26.2 Å². The van der Waals surface area contributed by atoms with Crippen LogP contribution >= 0.6 is 0 Å². The maximum Gasteiger partial charge on any atom is 0.211 e. The smallest absolute Gasteiger partial charge is 0.211 e. The van der Waals surface area contributed by atoms with Gasteiger partial charge in [-0.25, -0.2) is 13.1 Å². The van der Waals surface area contributed by atoms with Gasteiger partial charge in [-0.2, -0.15) is 0 Å². The van der Waals surface area contributed by atoms with Gasteiger partial charge < -0.3 is 5.11 Å². The van der Waals surface area contributed by atoms with Gasteiger partial charge in [-0.3, -0.25) is 4.90 Å². The first-order chi connectivity index (χ1) is 10.5. The average molecular weight is 326 g/mol. The Hall–Kier alpha value is -0.950. The molecule has 5 nitrogen and oxygen atoms in total. The lowest BCUT2D eigenvalue weighted by molar-refractivity contribution is 0.108. The van der Waals surface area contributed by atoms with E-state index in [-0.39, 0.29) is 12.3 Å². The Bertz CT molecular complexity index is 575. The van der Waals surface area contributed by atoms with Crippen molar-refractivity contribution in [3.8, 4) is 0 Å². The Morgan fingerprint density at radius 1 is 1.32 bits per heavy atom. The molecule has 1 aliphatic heterocycles. The summed E-state index contributed by atoms with van der Waals surface area (Å²) < 4.78 is 25.9. The van der Waals surface area contributed by atoms with Crippen molar-refractivity contribution in [1.82, 2.24) is 9.62 Å². The topological polar surface area (TPSA) is 69.6 Å². The van der Waals surface area contributed by atoms with Crippen molar-refractivity contribution in [1.29, 1.82) is 0 Å². The molecule has 0 aliphatic carbocycles. The van der Waals surface area contributed by atoms with Gasteiger partial charge in [-0.15, -0.1) is 0 Å². The van der Waals surface area contributed by atoms with E-state index in [4.69, 9.17) is 0 Å². The Morgan fingerprint density at radius 2 is 2.05 bits per heavy atom. The standard InChI is InChI=1S/C16H26N2O3S/c1-2-3-10-22(20,21)17-11-16(19)13-18-9-8-14-6-4-5-7-15(14)12-18/h4-7,16-17,19H,2-3,8-13H2,1H3. The van der Waals surface area contributed by atoms with Crippen LogP contribution in [0.2, 0.25) is 0 Å². The molecule has 0 bridgehead atoms. The van der Waals surface area contributed by atoms with Crippen LogP contribution < -0.4 is 4.72 Å². The molecule has 1 unspecified atom stereocenters. The fourth-order valence-electron chi connectivity index (χ4n) is 2.70. The van der Waals surface area contributed by atoms with Gasteiger partial charge in [0.2, 0.25) is 10.0 Å². The zero-order chi connectivity index (χ0) is 16.0. The number of sulfonamides is 1. The molecule has 0 saturated carbocycles. The van der Waals surface area contributed by atoms with E-state index in [1.54, 1.807) is 0 Å². The van der Waals surface area contributed by atoms with Gasteiger partial charge in [-0.1, -0.05) is 37.6 Å². The molecular formula is C16H26N2O3S. The Kier molecular flexibility index (Phi) is 6.37. The van der Waals surface area contributed by atoms with E-state index >= 15 is 0 Å². The number of aliphatic hydroxyl groups is 1. The summed E-state index contributed by atoms with van der Waals surface area (Å²) in [6, 6.07) is 8.33. The molecule has 1 heterocycles. The second-order valence-corrected chi connectivity index (χ2v) is 7.85. The van der Waals surface area contributed by atoms with Gasteiger partial charge in [0.05, 0.1) is 11.9 Å². The number of aliphatic hydroxyl groups excluding tert-OH is 1. The lowest BCUT2D eigenvalue weighted by Crippen LogP contribution is -2.42. The van der Waals surface area contributed by atoms with E-state index in [1.807, 2.05) is 13.0 Å². The minimum absolute atomic E-state index is 0.0875. The van der Waals surface area contributed by atoms with E-state index in [2.05, 4.69) is 27.8 Å². The molecule has 2 rings (SSSR count). The number of β-amino-alcohol motifs (C(OH)–C–C–N with tert-alkyl or cyclic N) is 1. The van der Waals surface area contributed by atoms with Gasteiger partial charge in [0.1, 0.15) is 0 Å². The molecule has 0 aromatic heterocycles. The van der Waals surface area contributed by atoms with Crippen molar-refractivity contribution >= 4 is 10.0 Å². The molecule has 0 spiro atoms. The highest BCUT2D eigenvalue weighted by Gasteiger charge is 2.19. The highest BCUT2D eigenvalue weighted by atomic mass is 32.2. The number of nitrogens with one attached hydrogen (secondary N) is 1. The Labute approximate surface area is 133 Å². The van der Waals surface area contributed by atoms with Crippen molar-refractivity contribution < 1.29 is 13.5 Å². The molecule has 1 aromatic carbocycles. The number of benzene rings is 1. The third kappa shape index (κ3) is 5.35. The second kappa shape index (κ2) is 8.06. The number of unbranched alkanes of at least 4 members (excludes halogenated alkanes) is 1. The van der Waals surface area contributed by atoms with Crippen molar-refractivity contribution in [3.05, 3.63) is 35.4 Å². The number of nitrogens with zero attached hydrogens (tertiary/aromatic N) is 1. The van der Waals surface area contributed by atoms with Crippen LogP contribution in [0.5, 0.6) is 0 Å². The summed E-state index contributed by atoms with van der Waals surface area (Å²) in [5.74, 6) is 0.132. The van der Waals surface area contributed by atoms with Crippen LogP contribution in [-0.2, 0) is 23.0 Å². The van der Waals surface area contributed by atoms with E-state index in [1.165, 1.54) is 11.1 Å². The summed E-state index contributed by atoms with van der Waals surface area (Å²) >= 11 is 0. The molecule has 0 saturated heterocycles. The molecule has 22 heavy (non-hydrogen) atoms. The molecule has 2 N–H and O–H groups in total. The van der Waals surface area contributed by atoms with Crippen molar-refractivity contribution in [3.63, 3.8) is 0 Å². The van der Waals surface area contributed by atoms with E-state index in [0.29, 0.717) is 13.0 Å². The van der Waals surface area contributed by atoms with Gasteiger partial charge in [-0.05, 0) is 24.0 Å². The monoisotopic (exact) mass is 326 g/mol. The summed E-state index contributed by atoms with van der Waals surface area (Å²) in [6.45, 7) is 4.25. The minimum atomic E-state index is -3.26. The fraction of sp³-hybridized carbons (Fsp3) is 0.625. The first kappa shape index (κ1) is 17.4. The predicted molar refractivity (Wildman–Crippen MR) is 88.1 cm³/mol. The molecular weight excluding hydrogens is 300 g/mol. The molecule has 6 heteroatoms. The van der Waals surface area contributed by atoms with Crippen LogP contribution in [0.25, 0.3) is 0 Å². The van der Waals surface area contributed by atoms with Crippen molar-refractivity contribution in [2.45, 2.75) is 38.8 Å². The van der Waals surface area contributed by atoms with E-state index in [9.17, 15) is 13.5 Å². The van der Waals surface area contributed by atoms with E-state index < -0.39 is 16.1 Å². The van der Waals surface area contributed by atoms with Gasteiger partial charge >= 0.3 is 0 Å². The number of fused-ring (bicyclic) bond motifs is 1. The molecule has 1 aromatic rings. The number of hydrogen-bond donors (Lipinski definition) is 2. The van der Waals surface area contributed by atoms with Crippen LogP contribution in [-0.4, -0.2) is 49.9 Å². The van der Waals surface area contributed by atoms with Crippen molar-refractivity contribution in [2.75, 3.05) is 25.4 Å². The Morgan fingerprint density at radius 3 is 2.77 bits per heavy atom. The van der Waals surface area contributed by atoms with Crippen LogP contribution in [0, 0.1) is 0 Å². The first-order valence-electron chi connectivity index (χ1n) is 7.94. The highest BCUT2D eigenvalue weighted by Crippen LogP contribution is 2.18. The SMILES string of the molecule is CCCCS(=O)(=O)NCC(O)CN1CCc2ccccc2C1. The third-order valence-corrected chi connectivity index (χ3v) is 5.42. The number of hydrogen-bond acceptors (Lipinski definition) is 4. The lowest BCUT2D eigenvalue weighted by Gasteiger charge is -2.30. The minimum Gasteiger partial charge on any atom is -0.390 e. The zero-order valence-corrected chi connectivity index (χ0v) is 14.0. The fourth-order valence-corrected chi connectivity index (χ4v) is 3.96. The Balaban J connectivity index is 1.77. The lowest BCUT2D eigenvalue weighted by atomic mass is 10.00. The second-order valence-electron chi connectivity index (χ2n) is 5.93.